The second kappa shape index (κ2) is 9.92. The van der Waals surface area contributed by atoms with Gasteiger partial charge in [-0.05, 0) is 0 Å². The first kappa shape index (κ1) is 24.5. The highest BCUT2D eigenvalue weighted by Crippen LogP contribution is 2.39. The van der Waals surface area contributed by atoms with E-state index in [1.165, 1.54) is 23.8 Å². The summed E-state index contributed by atoms with van der Waals surface area (Å²) in [5.74, 6) is -1.93. The van der Waals surface area contributed by atoms with Gasteiger partial charge in [-0.2, -0.15) is 4.57 Å². The third kappa shape index (κ3) is 4.79. The number of nitrogens with two attached hydrogens (primary N) is 1. The van der Waals surface area contributed by atoms with Crippen LogP contribution in [0.2, 0.25) is 0 Å². The van der Waals surface area contributed by atoms with E-state index in [4.69, 9.17) is 10.6 Å². The number of oxime groups is 1. The number of rotatable bonds is 8. The number of thiazole rings is 1. The summed E-state index contributed by atoms with van der Waals surface area (Å²) in [6.45, 7) is 0.309. The number of hydrogen-bond donors (Lipinski definition) is 3. The molecule has 4 heterocycles. The van der Waals surface area contributed by atoms with Gasteiger partial charge in [-0.1, -0.05) is 5.16 Å². The Hall–Kier alpha value is -3.65. The van der Waals surface area contributed by atoms with Gasteiger partial charge in [0.1, 0.15) is 24.5 Å². The Labute approximate surface area is 209 Å². The number of nitrogens with zero attached hydrogens (tertiary/aromatic N) is 5. The molecule has 2 amide bonds. The van der Waals surface area contributed by atoms with Crippen LogP contribution in [0, 0.1) is 0 Å². The molecule has 12 nitrogen and oxygen atoms in total. The molecule has 0 spiro atoms. The number of carbonyl (C=O) groups excluding carboxylic acids is 2. The number of carbonyl (C=O) groups is 3. The van der Waals surface area contributed by atoms with Gasteiger partial charge in [-0.15, -0.1) is 23.1 Å². The number of pyridine rings is 1. The summed E-state index contributed by atoms with van der Waals surface area (Å²) in [4.78, 5) is 50.5. The van der Waals surface area contributed by atoms with E-state index < -0.39 is 29.9 Å². The van der Waals surface area contributed by atoms with Crippen LogP contribution in [0.15, 0.2) is 45.7 Å². The number of fused-ring (bicyclic) bond motifs is 1. The van der Waals surface area contributed by atoms with E-state index in [-0.39, 0.29) is 22.2 Å². The van der Waals surface area contributed by atoms with Crippen LogP contribution in [-0.4, -0.2) is 77.5 Å². The number of β-lactam (4-membered cyclic amide) rings is 1. The SMILES string of the molecule is CON=C(C(=O)NC1C(=O)N2C(C(=O)O)=C(C[n+]3ccc(N(C)C)cc3)SCC12)c1csc(N)n1. The van der Waals surface area contributed by atoms with Gasteiger partial charge in [0.15, 0.2) is 29.8 Å². The van der Waals surface area contributed by atoms with Gasteiger partial charge >= 0.3 is 5.97 Å². The molecule has 0 aromatic carbocycles. The molecule has 0 radical (unpaired) electrons. The Morgan fingerprint density at radius 1 is 1.40 bits per heavy atom. The van der Waals surface area contributed by atoms with Crippen molar-refractivity contribution in [3.8, 4) is 0 Å². The molecule has 2 aliphatic heterocycles. The zero-order chi connectivity index (χ0) is 25.3. The summed E-state index contributed by atoms with van der Waals surface area (Å²) in [7, 11) is 5.15. The number of aromatic nitrogens is 2. The number of carboxylic acid groups (broad SMARTS) is 1. The van der Waals surface area contributed by atoms with Crippen molar-refractivity contribution in [3.63, 3.8) is 0 Å². The van der Waals surface area contributed by atoms with Crippen molar-refractivity contribution >= 4 is 57.4 Å². The Bertz CT molecular complexity index is 1220. The highest BCUT2D eigenvalue weighted by atomic mass is 32.2. The molecular formula is C21H24N7O5S2+. The molecule has 2 aromatic heterocycles. The predicted octanol–water partition coefficient (Wildman–Crippen LogP) is -0.132. The molecule has 0 aliphatic carbocycles. The molecule has 2 atom stereocenters. The number of anilines is 2. The zero-order valence-electron chi connectivity index (χ0n) is 19.2. The van der Waals surface area contributed by atoms with Crippen LogP contribution in [0.3, 0.4) is 0 Å². The van der Waals surface area contributed by atoms with Crippen LogP contribution < -0.4 is 20.5 Å². The summed E-state index contributed by atoms with van der Waals surface area (Å²) in [5, 5.41) is 18.1. The van der Waals surface area contributed by atoms with E-state index >= 15 is 0 Å². The van der Waals surface area contributed by atoms with E-state index in [2.05, 4.69) is 15.5 Å². The lowest BCUT2D eigenvalue weighted by atomic mass is 9.94. The maximum Gasteiger partial charge on any atom is 0.353 e. The second-order valence-corrected chi connectivity index (χ2v) is 9.94. The van der Waals surface area contributed by atoms with Crippen molar-refractivity contribution in [1.82, 2.24) is 15.2 Å². The molecule has 0 saturated carbocycles. The van der Waals surface area contributed by atoms with Crippen LogP contribution in [0.5, 0.6) is 0 Å². The molecule has 2 aromatic rings. The van der Waals surface area contributed by atoms with Crippen LogP contribution in [0.1, 0.15) is 5.69 Å². The number of allylic oxidation sites excluding steroid dienone is 1. The largest absolute Gasteiger partial charge is 0.477 e. The Kier molecular flexibility index (Phi) is 6.93. The Balaban J connectivity index is 1.52. The molecule has 4 N–H and O–H groups in total. The lowest BCUT2D eigenvalue weighted by Gasteiger charge is -2.49. The average Bonchev–Trinajstić information content (AvgIpc) is 3.26. The summed E-state index contributed by atoms with van der Waals surface area (Å²) in [5.41, 5.74) is 6.69. The van der Waals surface area contributed by atoms with Gasteiger partial charge in [0.2, 0.25) is 0 Å². The highest BCUT2D eigenvalue weighted by Gasteiger charge is 2.54. The fourth-order valence-corrected chi connectivity index (χ4v) is 5.63. The van der Waals surface area contributed by atoms with E-state index in [0.717, 1.165) is 17.0 Å². The minimum atomic E-state index is -1.19. The second-order valence-electron chi connectivity index (χ2n) is 7.93. The molecule has 1 fully saturated rings. The smallest absolute Gasteiger partial charge is 0.353 e. The van der Waals surface area contributed by atoms with Crippen LogP contribution in [0.25, 0.3) is 0 Å². The molecule has 184 valence electrons. The minimum absolute atomic E-state index is 0.0657. The van der Waals surface area contributed by atoms with Crippen molar-refractivity contribution in [2.75, 3.05) is 37.6 Å². The molecule has 2 aliphatic rings. The van der Waals surface area contributed by atoms with Crippen molar-refractivity contribution in [2.45, 2.75) is 18.6 Å². The van der Waals surface area contributed by atoms with Gasteiger partial charge in [0.05, 0.1) is 10.9 Å². The Morgan fingerprint density at radius 3 is 2.69 bits per heavy atom. The van der Waals surface area contributed by atoms with Gasteiger partial charge in [0, 0.05) is 43.0 Å². The normalized spacial score (nSPS) is 19.7. The minimum Gasteiger partial charge on any atom is -0.477 e. The molecule has 2 unspecified atom stereocenters. The molecule has 1 saturated heterocycles. The molecule has 35 heavy (non-hydrogen) atoms. The number of nitrogens with one attached hydrogen (secondary N) is 1. The third-order valence-electron chi connectivity index (χ3n) is 5.52. The number of carboxylic acids is 1. The Morgan fingerprint density at radius 2 is 2.11 bits per heavy atom. The predicted molar refractivity (Wildman–Crippen MR) is 131 cm³/mol. The third-order valence-corrected chi connectivity index (χ3v) is 7.37. The quantitative estimate of drug-likeness (QED) is 0.188. The number of aliphatic carboxylic acids is 1. The van der Waals surface area contributed by atoms with E-state index in [9.17, 15) is 19.5 Å². The fraction of sp³-hybridized carbons (Fsp3) is 0.333. The van der Waals surface area contributed by atoms with E-state index in [0.29, 0.717) is 17.2 Å². The summed E-state index contributed by atoms with van der Waals surface area (Å²) in [6, 6.07) is 2.45. The molecule has 14 heteroatoms. The standard InChI is InChI=1S/C21H23N7O5S2/c1-26(2)11-4-6-27(7-5-11)8-14-17(20(31)32)28-13(10-34-14)16(19(28)30)24-18(29)15(25-33-3)12-9-35-21(22)23-12/h4-7,9,13,16H,8,10H2,1-3H3,(H3-,22,23,24,29,31,32)/p+1. The number of thioether (sulfide) groups is 1. The van der Waals surface area contributed by atoms with Crippen LogP contribution in [0.4, 0.5) is 10.8 Å². The molecule has 0 bridgehead atoms. The van der Waals surface area contributed by atoms with Crippen molar-refractivity contribution in [3.05, 3.63) is 46.2 Å². The van der Waals surface area contributed by atoms with Crippen molar-refractivity contribution in [2.24, 2.45) is 5.16 Å². The lowest BCUT2D eigenvalue weighted by molar-refractivity contribution is -0.687. The zero-order valence-corrected chi connectivity index (χ0v) is 20.8. The average molecular weight is 519 g/mol. The first-order chi connectivity index (χ1) is 16.7. The van der Waals surface area contributed by atoms with Gasteiger partial charge < -0.3 is 25.9 Å². The van der Waals surface area contributed by atoms with Crippen molar-refractivity contribution in [1.29, 1.82) is 0 Å². The highest BCUT2D eigenvalue weighted by molar-refractivity contribution is 8.03. The number of nitrogen functional groups attached to an aromatic ring is 1. The first-order valence-electron chi connectivity index (χ1n) is 10.4. The van der Waals surface area contributed by atoms with Gasteiger partial charge in [-0.25, -0.2) is 9.78 Å². The van der Waals surface area contributed by atoms with Gasteiger partial charge in [-0.3, -0.25) is 14.5 Å². The number of hydrogen-bond acceptors (Lipinski definition) is 10. The van der Waals surface area contributed by atoms with Gasteiger partial charge in [0.25, 0.3) is 11.8 Å². The first-order valence-corrected chi connectivity index (χ1v) is 12.3. The summed E-state index contributed by atoms with van der Waals surface area (Å²) in [6.07, 6.45) is 3.72. The van der Waals surface area contributed by atoms with Crippen LogP contribution in [-0.2, 0) is 25.8 Å². The van der Waals surface area contributed by atoms with E-state index in [1.807, 2.05) is 48.1 Å². The van der Waals surface area contributed by atoms with Crippen molar-refractivity contribution < 1.29 is 28.9 Å². The maximum absolute atomic E-state index is 13.0. The molecular weight excluding hydrogens is 494 g/mol. The fourth-order valence-electron chi connectivity index (χ4n) is 3.80. The summed E-state index contributed by atoms with van der Waals surface area (Å²) >= 11 is 2.50. The topological polar surface area (TPSA) is 154 Å². The van der Waals surface area contributed by atoms with Crippen LogP contribution >= 0.6 is 23.1 Å². The lowest BCUT2D eigenvalue weighted by Crippen LogP contribution is -2.73. The molecule has 4 rings (SSSR count). The maximum atomic E-state index is 13.0. The van der Waals surface area contributed by atoms with E-state index in [1.54, 1.807) is 5.38 Å². The monoisotopic (exact) mass is 518 g/mol. The summed E-state index contributed by atoms with van der Waals surface area (Å²) < 4.78 is 1.86. The number of amides is 2.